The number of hydrogen-bond acceptors (Lipinski definition) is 3. The van der Waals surface area contributed by atoms with Gasteiger partial charge < -0.3 is 5.32 Å². The molecule has 0 rings (SSSR count). The Morgan fingerprint density at radius 3 is 2.50 bits per heavy atom. The standard InChI is InChI=1S/C3H5BN2OS/c1-8-3(5)6-2(4)7/h1H3,(H2,5,6,7). The third-order valence-corrected chi connectivity index (χ3v) is 0.951. The second-order valence-electron chi connectivity index (χ2n) is 1.02. The van der Waals surface area contributed by atoms with Gasteiger partial charge in [-0.2, -0.15) is 0 Å². The minimum Gasteiger partial charge on any atom is -0.316 e. The van der Waals surface area contributed by atoms with Gasteiger partial charge in [0.1, 0.15) is 0 Å². The van der Waals surface area contributed by atoms with Crippen molar-refractivity contribution < 1.29 is 4.79 Å². The minimum atomic E-state index is -0.690. The van der Waals surface area contributed by atoms with Crippen LogP contribution in [0.15, 0.2) is 0 Å². The third kappa shape index (κ3) is 3.73. The molecule has 0 atom stereocenters. The van der Waals surface area contributed by atoms with Crippen molar-refractivity contribution in [2.24, 2.45) is 0 Å². The van der Waals surface area contributed by atoms with Crippen molar-refractivity contribution in [1.29, 1.82) is 5.41 Å². The molecule has 0 aromatic heterocycles. The lowest BCUT2D eigenvalue weighted by Gasteiger charge is -1.96. The summed E-state index contributed by atoms with van der Waals surface area (Å²) in [5.74, 6) is -0.690. The molecule has 5 heteroatoms. The molecule has 3 nitrogen and oxygen atoms in total. The van der Waals surface area contributed by atoms with Crippen molar-refractivity contribution in [3.63, 3.8) is 0 Å². The molecule has 2 radical (unpaired) electrons. The molecule has 42 valence electrons. The first-order valence-electron chi connectivity index (χ1n) is 1.86. The van der Waals surface area contributed by atoms with E-state index in [0.29, 0.717) is 0 Å². The zero-order valence-corrected chi connectivity index (χ0v) is 5.21. The van der Waals surface area contributed by atoms with Crippen molar-refractivity contribution in [3.8, 4) is 0 Å². The Hall–Kier alpha value is -0.445. The summed E-state index contributed by atoms with van der Waals surface area (Å²) in [6.07, 6.45) is 1.68. The monoisotopic (exact) mass is 128 g/mol. The molecule has 0 aliphatic heterocycles. The SMILES string of the molecule is [B]C(=O)NC(=N)SC. The molecule has 0 unspecified atom stereocenters. The summed E-state index contributed by atoms with van der Waals surface area (Å²) in [6, 6.07) is 0. The van der Waals surface area contributed by atoms with Crippen LogP contribution in [0.3, 0.4) is 0 Å². The maximum Gasteiger partial charge on any atom is 0.201 e. The van der Waals surface area contributed by atoms with Gasteiger partial charge in [-0.25, -0.2) is 0 Å². The van der Waals surface area contributed by atoms with Gasteiger partial charge in [-0.3, -0.25) is 10.2 Å². The Bertz CT molecular complexity index is 116. The molecule has 2 N–H and O–H groups in total. The molecule has 8 heavy (non-hydrogen) atoms. The van der Waals surface area contributed by atoms with Crippen LogP contribution in [0, 0.1) is 5.41 Å². The highest BCUT2D eigenvalue weighted by Crippen LogP contribution is 1.88. The largest absolute Gasteiger partial charge is 0.316 e. The number of amidine groups is 1. The predicted molar refractivity (Wildman–Crippen MR) is 35.5 cm³/mol. The molecule has 0 bridgehead atoms. The molecule has 0 spiro atoms. The third-order valence-electron chi connectivity index (χ3n) is 0.441. The summed E-state index contributed by atoms with van der Waals surface area (Å²) < 4.78 is 0. The van der Waals surface area contributed by atoms with E-state index in [-0.39, 0.29) is 5.17 Å². The van der Waals surface area contributed by atoms with E-state index in [1.807, 2.05) is 0 Å². The summed E-state index contributed by atoms with van der Waals surface area (Å²) in [7, 11) is 4.66. The Kier molecular flexibility index (Phi) is 3.35. The van der Waals surface area contributed by atoms with Gasteiger partial charge in [-0.05, 0) is 6.26 Å². The maximum absolute atomic E-state index is 9.93. The summed E-state index contributed by atoms with van der Waals surface area (Å²) >= 11 is 1.12. The van der Waals surface area contributed by atoms with Crippen LogP contribution >= 0.6 is 11.8 Å². The lowest BCUT2D eigenvalue weighted by atomic mass is 10.1. The highest BCUT2D eigenvalue weighted by atomic mass is 32.2. The number of carbonyl (C=O) groups excluding carboxylic acids is 1. The molecule has 0 aromatic rings. The normalized spacial score (nSPS) is 8.12. The molecule has 0 aromatic carbocycles. The molecular weight excluding hydrogens is 123 g/mol. The zero-order chi connectivity index (χ0) is 6.57. The highest BCUT2D eigenvalue weighted by Gasteiger charge is 1.92. The molecule has 1 amide bonds. The minimum absolute atomic E-state index is 0.0671. The van der Waals surface area contributed by atoms with E-state index in [2.05, 4.69) is 13.2 Å². The van der Waals surface area contributed by atoms with Crippen molar-refractivity contribution in [2.75, 3.05) is 6.26 Å². The highest BCUT2D eigenvalue weighted by molar-refractivity contribution is 8.13. The fourth-order valence-electron chi connectivity index (χ4n) is 0.163. The lowest BCUT2D eigenvalue weighted by Crippen LogP contribution is -2.25. The second-order valence-corrected chi connectivity index (χ2v) is 1.84. The van der Waals surface area contributed by atoms with Crippen LogP contribution in [0.25, 0.3) is 0 Å². The van der Waals surface area contributed by atoms with Gasteiger partial charge >= 0.3 is 0 Å². The number of hydrogen-bond donors (Lipinski definition) is 2. The number of carbonyl (C=O) groups is 1. The fourth-order valence-corrected chi connectivity index (χ4v) is 0.366. The Balaban J connectivity index is 3.40. The molecule has 0 fully saturated rings. The topological polar surface area (TPSA) is 53.0 Å². The van der Waals surface area contributed by atoms with Gasteiger partial charge in [-0.15, -0.1) is 0 Å². The predicted octanol–water partition coefficient (Wildman–Crippen LogP) is 0.162. The van der Waals surface area contributed by atoms with Gasteiger partial charge in [-0.1, -0.05) is 11.8 Å². The van der Waals surface area contributed by atoms with Crippen LogP contribution in [-0.2, 0) is 0 Å². The van der Waals surface area contributed by atoms with E-state index in [0.717, 1.165) is 11.8 Å². The first-order valence-corrected chi connectivity index (χ1v) is 3.08. The van der Waals surface area contributed by atoms with Crippen LogP contribution in [0.4, 0.5) is 4.79 Å². The molecular formula is C3H5BN2OS. The number of thioether (sulfide) groups is 1. The van der Waals surface area contributed by atoms with E-state index >= 15 is 0 Å². The van der Waals surface area contributed by atoms with Gasteiger partial charge in [0.05, 0.1) is 0 Å². The van der Waals surface area contributed by atoms with Crippen molar-refractivity contribution >= 4 is 30.6 Å². The first-order chi connectivity index (χ1) is 3.66. The zero-order valence-electron chi connectivity index (χ0n) is 4.39. The van der Waals surface area contributed by atoms with Gasteiger partial charge in [0.2, 0.25) is 7.85 Å². The van der Waals surface area contributed by atoms with Crippen molar-refractivity contribution in [2.45, 2.75) is 0 Å². The first kappa shape index (κ1) is 7.55. The number of rotatable bonds is 0. The average molecular weight is 128 g/mol. The van der Waals surface area contributed by atoms with Crippen LogP contribution in [0.1, 0.15) is 0 Å². The smallest absolute Gasteiger partial charge is 0.201 e. The Morgan fingerprint density at radius 2 is 2.38 bits per heavy atom. The Labute approximate surface area is 53.1 Å². The van der Waals surface area contributed by atoms with E-state index < -0.39 is 5.81 Å². The van der Waals surface area contributed by atoms with Gasteiger partial charge in [0.15, 0.2) is 11.0 Å². The molecule has 0 saturated carbocycles. The van der Waals surface area contributed by atoms with E-state index in [1.54, 1.807) is 6.26 Å². The van der Waals surface area contributed by atoms with Crippen LogP contribution < -0.4 is 5.32 Å². The summed E-state index contributed by atoms with van der Waals surface area (Å²) in [5, 5.41) is 8.96. The van der Waals surface area contributed by atoms with Crippen LogP contribution in [0.2, 0.25) is 0 Å². The second kappa shape index (κ2) is 3.54. The number of amides is 1. The summed E-state index contributed by atoms with van der Waals surface area (Å²) in [4.78, 5) is 9.93. The lowest BCUT2D eigenvalue weighted by molar-refractivity contribution is 0.263. The Morgan fingerprint density at radius 1 is 1.88 bits per heavy atom. The van der Waals surface area contributed by atoms with Crippen LogP contribution in [-0.4, -0.2) is 25.1 Å². The molecule has 0 heterocycles. The summed E-state index contributed by atoms with van der Waals surface area (Å²) in [6.45, 7) is 0. The van der Waals surface area contributed by atoms with E-state index in [4.69, 9.17) is 5.41 Å². The quantitative estimate of drug-likeness (QED) is 0.277. The van der Waals surface area contributed by atoms with Gasteiger partial charge in [0, 0.05) is 0 Å². The average Bonchev–Trinajstić information content (AvgIpc) is 1.65. The van der Waals surface area contributed by atoms with Crippen molar-refractivity contribution in [3.05, 3.63) is 0 Å². The number of nitrogens with one attached hydrogen (secondary N) is 2. The van der Waals surface area contributed by atoms with Crippen molar-refractivity contribution in [1.82, 2.24) is 5.32 Å². The molecule has 0 aliphatic carbocycles. The van der Waals surface area contributed by atoms with Gasteiger partial charge in [0.25, 0.3) is 0 Å². The molecule has 0 aliphatic rings. The maximum atomic E-state index is 9.93. The fraction of sp³-hybridized carbons (Fsp3) is 0.333. The molecule has 0 saturated heterocycles. The van der Waals surface area contributed by atoms with E-state index in [9.17, 15) is 4.79 Å². The van der Waals surface area contributed by atoms with E-state index in [1.165, 1.54) is 0 Å². The summed E-state index contributed by atoms with van der Waals surface area (Å²) in [5.41, 5.74) is 0. The van der Waals surface area contributed by atoms with Crippen LogP contribution in [0.5, 0.6) is 0 Å².